The zero-order valence-electron chi connectivity index (χ0n) is 26.2. The highest BCUT2D eigenvalue weighted by atomic mass is 19.1. The van der Waals surface area contributed by atoms with Gasteiger partial charge < -0.3 is 19.6 Å². The van der Waals surface area contributed by atoms with E-state index in [9.17, 15) is 9.50 Å². The summed E-state index contributed by atoms with van der Waals surface area (Å²) in [6, 6.07) is 6.94. The summed E-state index contributed by atoms with van der Waals surface area (Å²) in [5, 5.41) is 19.4. The number of halogens is 2. The number of nitrogens with one attached hydrogen (secondary N) is 1. The molecule has 0 aliphatic carbocycles. The minimum atomic E-state index is -0.839. The summed E-state index contributed by atoms with van der Waals surface area (Å²) in [7, 11) is 0. The summed E-state index contributed by atoms with van der Waals surface area (Å²) in [6.45, 7) is 6.39. The summed E-state index contributed by atoms with van der Waals surface area (Å²) < 4.78 is 36.0. The largest absolute Gasteiger partial charge is 0.508 e. The Morgan fingerprint density at radius 3 is 2.87 bits per heavy atom. The van der Waals surface area contributed by atoms with Gasteiger partial charge in [-0.1, -0.05) is 13.0 Å². The van der Waals surface area contributed by atoms with Crippen LogP contribution in [0.4, 0.5) is 20.3 Å². The molecular formula is C34H40F2N8O2. The zero-order chi connectivity index (χ0) is 31.4. The average molecular weight is 631 g/mol. The quantitative estimate of drug-likeness (QED) is 0.290. The number of fused-ring (bicyclic) bond motifs is 3. The highest BCUT2D eigenvalue weighted by Gasteiger charge is 2.49. The van der Waals surface area contributed by atoms with Gasteiger partial charge in [0.15, 0.2) is 0 Å². The molecule has 3 atom stereocenters. The number of piperidine rings is 1. The van der Waals surface area contributed by atoms with Crippen LogP contribution in [0.3, 0.4) is 0 Å². The second-order valence-corrected chi connectivity index (χ2v) is 13.4. The lowest BCUT2D eigenvalue weighted by Crippen LogP contribution is -2.44. The average Bonchev–Trinajstić information content (AvgIpc) is 3.80. The molecule has 0 spiro atoms. The van der Waals surface area contributed by atoms with Crippen LogP contribution in [-0.2, 0) is 19.4 Å². The van der Waals surface area contributed by atoms with Gasteiger partial charge in [-0.05, 0) is 68.2 Å². The number of hydrogen-bond acceptors (Lipinski definition) is 9. The monoisotopic (exact) mass is 630 g/mol. The first kappa shape index (κ1) is 29.3. The Bertz CT molecular complexity index is 1750. The van der Waals surface area contributed by atoms with Crippen molar-refractivity contribution in [1.82, 2.24) is 30.0 Å². The Kier molecular flexibility index (Phi) is 7.42. The third-order valence-electron chi connectivity index (χ3n) is 10.6. The van der Waals surface area contributed by atoms with Crippen molar-refractivity contribution in [2.75, 3.05) is 49.1 Å². The second-order valence-electron chi connectivity index (χ2n) is 13.4. The van der Waals surface area contributed by atoms with E-state index >= 15 is 4.39 Å². The Hall–Kier alpha value is -4.06. The summed E-state index contributed by atoms with van der Waals surface area (Å²) in [5.74, 6) is 1.87. The molecule has 4 aromatic rings. The number of hydrogen-bond donors (Lipinski definition) is 2. The minimum Gasteiger partial charge on any atom is -0.508 e. The molecule has 46 heavy (non-hydrogen) atoms. The van der Waals surface area contributed by atoms with Gasteiger partial charge >= 0.3 is 6.01 Å². The fourth-order valence-corrected chi connectivity index (χ4v) is 8.44. The van der Waals surface area contributed by atoms with Gasteiger partial charge in [0, 0.05) is 61.2 Å². The molecule has 0 amide bonds. The maximum absolute atomic E-state index is 15.0. The molecule has 12 heteroatoms. The van der Waals surface area contributed by atoms with Crippen molar-refractivity contribution in [2.24, 2.45) is 0 Å². The normalized spacial score (nSPS) is 24.8. The maximum Gasteiger partial charge on any atom is 0.318 e. The van der Waals surface area contributed by atoms with E-state index in [1.165, 1.54) is 6.07 Å². The molecule has 10 nitrogen and oxygen atoms in total. The number of rotatable bonds is 7. The number of aryl methyl sites for hydroxylation is 1. The third kappa shape index (κ3) is 5.10. The number of anilines is 2. The molecule has 2 aromatic carbocycles. The Morgan fingerprint density at radius 2 is 2.02 bits per heavy atom. The van der Waals surface area contributed by atoms with E-state index in [0.717, 1.165) is 84.7 Å². The van der Waals surface area contributed by atoms with E-state index < -0.39 is 6.17 Å². The van der Waals surface area contributed by atoms with Crippen LogP contribution in [-0.4, -0.2) is 86.2 Å². The molecule has 3 fully saturated rings. The fraction of sp³-hybridized carbons (Fsp3) is 0.529. The fourth-order valence-electron chi connectivity index (χ4n) is 8.44. The van der Waals surface area contributed by atoms with Crippen molar-refractivity contribution in [1.29, 1.82) is 0 Å². The van der Waals surface area contributed by atoms with Crippen LogP contribution in [0.5, 0.6) is 11.8 Å². The standard InChI is InChI=1S/C34H40F2N8O2/c1-2-25-27(36)7-6-21-13-24(45)14-29(30(21)25)42-12-8-26-28(18-42)39-33(46-19-34-9-4-11-44(34)17-23(35)15-34)40-32(26)43-10-3-5-22(16-43)31-37-20-38-41-31/h6-7,13-14,20,22-23,45H,2-5,8-12,15-19H2,1H3,(H,37,38,41)/t22?,23-,34+/m1/s1. The predicted molar refractivity (Wildman–Crippen MR) is 171 cm³/mol. The SMILES string of the molecule is CCc1c(F)ccc2cc(O)cc(N3CCc4c(nc(OC[C@@]56CCCN5C[C@H](F)C6)nc4N4CCCC(c5ncn[nH]5)C4)C3)c12. The molecule has 6 heterocycles. The summed E-state index contributed by atoms with van der Waals surface area (Å²) in [5.41, 5.74) is 3.06. The minimum absolute atomic E-state index is 0.143. The van der Waals surface area contributed by atoms with Crippen molar-refractivity contribution in [3.05, 3.63) is 59.1 Å². The molecule has 4 aliphatic rings. The Balaban J connectivity index is 1.16. The second kappa shape index (κ2) is 11.6. The number of benzene rings is 2. The van der Waals surface area contributed by atoms with E-state index in [-0.39, 0.29) is 23.0 Å². The van der Waals surface area contributed by atoms with E-state index in [0.29, 0.717) is 57.1 Å². The lowest BCUT2D eigenvalue weighted by molar-refractivity contribution is 0.107. The van der Waals surface area contributed by atoms with Gasteiger partial charge in [-0.15, -0.1) is 0 Å². The Morgan fingerprint density at radius 1 is 1.11 bits per heavy atom. The van der Waals surface area contributed by atoms with Crippen LogP contribution < -0.4 is 14.5 Å². The summed E-state index contributed by atoms with van der Waals surface area (Å²) >= 11 is 0. The molecule has 8 rings (SSSR count). The van der Waals surface area contributed by atoms with Crippen molar-refractivity contribution < 1.29 is 18.6 Å². The predicted octanol–water partition coefficient (Wildman–Crippen LogP) is 5.06. The summed E-state index contributed by atoms with van der Waals surface area (Å²) in [4.78, 5) is 21.2. The van der Waals surface area contributed by atoms with Crippen LogP contribution in [0.15, 0.2) is 30.6 Å². The number of aromatic nitrogens is 5. The lowest BCUT2D eigenvalue weighted by Gasteiger charge is -2.37. The lowest BCUT2D eigenvalue weighted by atomic mass is 9.95. The number of phenols is 1. The van der Waals surface area contributed by atoms with Crippen LogP contribution in [0.1, 0.15) is 67.6 Å². The van der Waals surface area contributed by atoms with Crippen LogP contribution in [0.2, 0.25) is 0 Å². The first-order chi connectivity index (χ1) is 22.4. The van der Waals surface area contributed by atoms with Crippen LogP contribution in [0.25, 0.3) is 10.8 Å². The van der Waals surface area contributed by atoms with E-state index in [1.807, 2.05) is 6.92 Å². The van der Waals surface area contributed by atoms with Gasteiger partial charge in [0.05, 0.1) is 17.8 Å². The first-order valence-electron chi connectivity index (χ1n) is 16.6. The topological polar surface area (TPSA) is 107 Å². The molecule has 2 aromatic heterocycles. The third-order valence-corrected chi connectivity index (χ3v) is 10.6. The van der Waals surface area contributed by atoms with Crippen LogP contribution in [0, 0.1) is 5.82 Å². The molecule has 242 valence electrons. The van der Waals surface area contributed by atoms with Gasteiger partial charge in [-0.3, -0.25) is 10.00 Å². The molecule has 0 bridgehead atoms. The number of nitrogens with zero attached hydrogens (tertiary/aromatic N) is 7. The van der Waals surface area contributed by atoms with Crippen molar-refractivity contribution in [3.63, 3.8) is 0 Å². The van der Waals surface area contributed by atoms with E-state index in [1.54, 1.807) is 24.5 Å². The smallest absolute Gasteiger partial charge is 0.318 e. The molecule has 0 saturated carbocycles. The van der Waals surface area contributed by atoms with Gasteiger partial charge in [0.2, 0.25) is 0 Å². The molecule has 2 N–H and O–H groups in total. The summed E-state index contributed by atoms with van der Waals surface area (Å²) in [6.07, 6.45) is 6.36. The van der Waals surface area contributed by atoms with Gasteiger partial charge in [-0.25, -0.2) is 13.8 Å². The number of H-pyrrole nitrogens is 1. The van der Waals surface area contributed by atoms with Gasteiger partial charge in [0.25, 0.3) is 0 Å². The number of aromatic amines is 1. The van der Waals surface area contributed by atoms with Gasteiger partial charge in [-0.2, -0.15) is 15.1 Å². The number of ether oxygens (including phenoxy) is 1. The highest BCUT2D eigenvalue weighted by molar-refractivity contribution is 5.98. The number of aromatic hydroxyl groups is 1. The maximum atomic E-state index is 15.0. The van der Waals surface area contributed by atoms with E-state index in [2.05, 4.69) is 29.9 Å². The molecule has 1 unspecified atom stereocenters. The number of alkyl halides is 1. The Labute approximate surface area is 266 Å². The highest BCUT2D eigenvalue weighted by Crippen LogP contribution is 2.42. The molecule has 4 aliphatic heterocycles. The molecular weight excluding hydrogens is 590 g/mol. The van der Waals surface area contributed by atoms with Gasteiger partial charge in [0.1, 0.15) is 42.3 Å². The zero-order valence-corrected chi connectivity index (χ0v) is 26.2. The van der Waals surface area contributed by atoms with Crippen molar-refractivity contribution >= 4 is 22.3 Å². The van der Waals surface area contributed by atoms with Crippen molar-refractivity contribution in [2.45, 2.75) is 76.0 Å². The molecule has 0 radical (unpaired) electrons. The first-order valence-corrected chi connectivity index (χ1v) is 16.6. The van der Waals surface area contributed by atoms with Crippen LogP contribution >= 0.6 is 0 Å². The molecule has 3 saturated heterocycles. The van der Waals surface area contributed by atoms with Crippen molar-refractivity contribution in [3.8, 4) is 11.8 Å². The van der Waals surface area contributed by atoms with E-state index in [4.69, 9.17) is 14.7 Å². The number of phenolic OH excluding ortho intramolecular Hbond substituents is 1.